The molecule has 3 N–H and O–H groups in total. The van der Waals surface area contributed by atoms with Crippen molar-refractivity contribution < 1.29 is 14.3 Å². The number of carbonyl (C=O) groups is 1. The summed E-state index contributed by atoms with van der Waals surface area (Å²) in [5.74, 6) is 0.00259. The van der Waals surface area contributed by atoms with E-state index >= 15 is 0 Å². The summed E-state index contributed by atoms with van der Waals surface area (Å²) in [4.78, 5) is 12.6. The fourth-order valence-corrected chi connectivity index (χ4v) is 2.81. The van der Waals surface area contributed by atoms with Crippen LogP contribution in [-0.2, 0) is 14.3 Å². The largest absolute Gasteiger partial charge is 0.392 e. The van der Waals surface area contributed by atoms with E-state index < -0.39 is 5.41 Å². The van der Waals surface area contributed by atoms with Crippen molar-refractivity contribution in [2.45, 2.75) is 38.5 Å². The summed E-state index contributed by atoms with van der Waals surface area (Å²) in [5, 5.41) is 2.96. The Labute approximate surface area is 126 Å². The molecule has 1 aliphatic rings. The summed E-state index contributed by atoms with van der Waals surface area (Å²) in [6, 6.07) is 0. The third-order valence-corrected chi connectivity index (χ3v) is 4.19. The number of thiocarbonyl (C=S) groups is 1. The van der Waals surface area contributed by atoms with E-state index in [0.29, 0.717) is 31.4 Å². The maximum Gasteiger partial charge on any atom is 0.233 e. The highest BCUT2D eigenvalue weighted by atomic mass is 32.1. The van der Waals surface area contributed by atoms with E-state index in [1.54, 1.807) is 7.11 Å². The number of nitrogens with two attached hydrogens (primary N) is 1. The average Bonchev–Trinajstić information content (AvgIpc) is 2.92. The molecule has 0 aromatic heterocycles. The Kier molecular flexibility index (Phi) is 8.02. The first-order valence-corrected chi connectivity index (χ1v) is 7.69. The zero-order chi connectivity index (χ0) is 14.8. The second-order valence-corrected chi connectivity index (χ2v) is 5.66. The highest BCUT2D eigenvalue weighted by Crippen LogP contribution is 2.38. The Bertz CT molecular complexity index is 318. The van der Waals surface area contributed by atoms with Crippen molar-refractivity contribution in [3.05, 3.63) is 0 Å². The van der Waals surface area contributed by atoms with Crippen molar-refractivity contribution in [1.29, 1.82) is 0 Å². The molecule has 0 aliphatic heterocycles. The van der Waals surface area contributed by atoms with Crippen LogP contribution in [0.25, 0.3) is 0 Å². The summed E-state index contributed by atoms with van der Waals surface area (Å²) < 4.78 is 10.2. The topological polar surface area (TPSA) is 73.6 Å². The van der Waals surface area contributed by atoms with Gasteiger partial charge in [0, 0.05) is 20.3 Å². The van der Waals surface area contributed by atoms with Gasteiger partial charge in [0.15, 0.2) is 0 Å². The van der Waals surface area contributed by atoms with Crippen LogP contribution in [0.15, 0.2) is 0 Å². The van der Waals surface area contributed by atoms with Gasteiger partial charge in [-0.05, 0) is 25.7 Å². The highest BCUT2D eigenvalue weighted by molar-refractivity contribution is 7.80. The molecule has 6 heteroatoms. The van der Waals surface area contributed by atoms with Gasteiger partial charge in [-0.1, -0.05) is 25.1 Å². The maximum absolute atomic E-state index is 12.3. The van der Waals surface area contributed by atoms with Gasteiger partial charge in [-0.25, -0.2) is 0 Å². The van der Waals surface area contributed by atoms with Crippen LogP contribution >= 0.6 is 12.2 Å². The van der Waals surface area contributed by atoms with Crippen LogP contribution in [0.3, 0.4) is 0 Å². The molecule has 116 valence electrons. The van der Waals surface area contributed by atoms with Crippen LogP contribution in [0.4, 0.5) is 0 Å². The summed E-state index contributed by atoms with van der Waals surface area (Å²) in [5.41, 5.74) is 5.18. The third kappa shape index (κ3) is 5.00. The Balaban J connectivity index is 2.15. The van der Waals surface area contributed by atoms with Crippen molar-refractivity contribution in [3.63, 3.8) is 0 Å². The molecule has 1 rings (SSSR count). The quantitative estimate of drug-likeness (QED) is 0.471. The molecule has 0 aromatic rings. The zero-order valence-corrected chi connectivity index (χ0v) is 13.1. The van der Waals surface area contributed by atoms with Gasteiger partial charge in [-0.2, -0.15) is 0 Å². The molecule has 0 unspecified atom stereocenters. The maximum atomic E-state index is 12.3. The lowest BCUT2D eigenvalue weighted by atomic mass is 9.85. The molecule has 0 saturated heterocycles. The molecule has 0 aromatic carbocycles. The minimum atomic E-state index is -0.593. The number of rotatable bonds is 10. The molecular formula is C14H26N2O3S. The van der Waals surface area contributed by atoms with Crippen LogP contribution < -0.4 is 11.1 Å². The molecule has 0 spiro atoms. The number of carbonyl (C=O) groups excluding carboxylic acids is 1. The second-order valence-electron chi connectivity index (χ2n) is 5.22. The van der Waals surface area contributed by atoms with Crippen molar-refractivity contribution in [3.8, 4) is 0 Å². The molecule has 0 atom stereocenters. The summed E-state index contributed by atoms with van der Waals surface area (Å²) >= 11 is 5.09. The number of methoxy groups -OCH3 is 1. The summed E-state index contributed by atoms with van der Waals surface area (Å²) in [6.07, 6.45) is 5.44. The van der Waals surface area contributed by atoms with Gasteiger partial charge in [0.05, 0.1) is 23.6 Å². The highest BCUT2D eigenvalue weighted by Gasteiger charge is 2.43. The molecule has 5 nitrogen and oxygen atoms in total. The molecule has 1 fully saturated rings. The van der Waals surface area contributed by atoms with Crippen LogP contribution in [-0.4, -0.2) is 44.4 Å². The van der Waals surface area contributed by atoms with Crippen LogP contribution in [0.5, 0.6) is 0 Å². The lowest BCUT2D eigenvalue weighted by molar-refractivity contribution is -0.127. The summed E-state index contributed by atoms with van der Waals surface area (Å²) in [7, 11) is 1.65. The Morgan fingerprint density at radius 3 is 2.55 bits per heavy atom. The van der Waals surface area contributed by atoms with Crippen molar-refractivity contribution in [2.75, 3.05) is 33.5 Å². The van der Waals surface area contributed by atoms with Gasteiger partial charge in [0.25, 0.3) is 0 Å². The van der Waals surface area contributed by atoms with Crippen LogP contribution in [0.1, 0.15) is 38.5 Å². The first-order chi connectivity index (χ1) is 9.63. The SMILES string of the molecule is COCCOCCCCNC(=O)C1(C(N)=S)CCCC1. The predicted molar refractivity (Wildman–Crippen MR) is 82.6 cm³/mol. The van der Waals surface area contributed by atoms with Gasteiger partial charge in [0.1, 0.15) is 0 Å². The number of nitrogens with one attached hydrogen (secondary N) is 1. The van der Waals surface area contributed by atoms with Crippen molar-refractivity contribution >= 4 is 23.1 Å². The van der Waals surface area contributed by atoms with Crippen LogP contribution in [0, 0.1) is 5.41 Å². The summed E-state index contributed by atoms with van der Waals surface area (Å²) in [6.45, 7) is 2.58. The number of amides is 1. The smallest absolute Gasteiger partial charge is 0.233 e. The standard InChI is InChI=1S/C14H26N2O3S/c1-18-10-11-19-9-5-4-8-16-13(17)14(12(15)20)6-2-3-7-14/h2-11H2,1H3,(H2,15,20)(H,16,17). The van der Waals surface area contributed by atoms with E-state index in [4.69, 9.17) is 27.4 Å². The molecular weight excluding hydrogens is 276 g/mol. The number of hydrogen-bond acceptors (Lipinski definition) is 4. The number of hydrogen-bond donors (Lipinski definition) is 2. The number of ether oxygens (including phenoxy) is 2. The van der Waals surface area contributed by atoms with Gasteiger partial charge in [-0.3, -0.25) is 4.79 Å². The first-order valence-electron chi connectivity index (χ1n) is 7.28. The van der Waals surface area contributed by atoms with Gasteiger partial charge in [-0.15, -0.1) is 0 Å². The van der Waals surface area contributed by atoms with Gasteiger partial charge in [0.2, 0.25) is 5.91 Å². The monoisotopic (exact) mass is 302 g/mol. The first kappa shape index (κ1) is 17.3. The molecule has 0 heterocycles. The van der Waals surface area contributed by atoms with E-state index in [1.165, 1.54) is 0 Å². The fraction of sp³-hybridized carbons (Fsp3) is 0.857. The molecule has 1 amide bonds. The number of unbranched alkanes of at least 4 members (excludes halogenated alkanes) is 1. The lowest BCUT2D eigenvalue weighted by Crippen LogP contribution is -2.47. The molecule has 0 radical (unpaired) electrons. The van der Waals surface area contributed by atoms with E-state index in [2.05, 4.69) is 5.32 Å². The second kappa shape index (κ2) is 9.26. The van der Waals surface area contributed by atoms with E-state index in [0.717, 1.165) is 38.5 Å². The van der Waals surface area contributed by atoms with E-state index in [9.17, 15) is 4.79 Å². The zero-order valence-electron chi connectivity index (χ0n) is 12.3. The fourth-order valence-electron chi connectivity index (χ4n) is 2.51. The lowest BCUT2D eigenvalue weighted by Gasteiger charge is -2.26. The Morgan fingerprint density at radius 2 is 1.95 bits per heavy atom. The van der Waals surface area contributed by atoms with E-state index in [1.807, 2.05) is 0 Å². The van der Waals surface area contributed by atoms with Gasteiger partial charge < -0.3 is 20.5 Å². The Morgan fingerprint density at radius 1 is 1.25 bits per heavy atom. The van der Waals surface area contributed by atoms with Crippen molar-refractivity contribution in [1.82, 2.24) is 5.32 Å². The predicted octanol–water partition coefficient (Wildman–Crippen LogP) is 1.39. The normalized spacial score (nSPS) is 17.1. The minimum Gasteiger partial charge on any atom is -0.392 e. The minimum absolute atomic E-state index is 0.00259. The molecule has 1 aliphatic carbocycles. The molecule has 0 bridgehead atoms. The van der Waals surface area contributed by atoms with Crippen molar-refractivity contribution in [2.24, 2.45) is 11.1 Å². The third-order valence-electron chi connectivity index (χ3n) is 3.80. The Hall–Kier alpha value is -0.720. The molecule has 1 saturated carbocycles. The van der Waals surface area contributed by atoms with Gasteiger partial charge >= 0.3 is 0 Å². The average molecular weight is 302 g/mol. The molecule has 20 heavy (non-hydrogen) atoms. The van der Waals surface area contributed by atoms with E-state index in [-0.39, 0.29) is 5.91 Å². The van der Waals surface area contributed by atoms with Crippen LogP contribution in [0.2, 0.25) is 0 Å².